The van der Waals surface area contributed by atoms with Gasteiger partial charge in [0.2, 0.25) is 5.91 Å². The van der Waals surface area contributed by atoms with Crippen LogP contribution in [0, 0.1) is 10.1 Å². The number of nitrogens with zero attached hydrogens (tertiary/aromatic N) is 3. The second kappa shape index (κ2) is 7.45. The molecule has 0 bridgehead atoms. The number of carbonyl (C=O) groups excluding carboxylic acids is 2. The maximum atomic E-state index is 12.0. The van der Waals surface area contributed by atoms with Crippen LogP contribution >= 0.6 is 11.8 Å². The van der Waals surface area contributed by atoms with Crippen molar-refractivity contribution >= 4 is 35.0 Å². The predicted molar refractivity (Wildman–Crippen MR) is 84.5 cm³/mol. The lowest BCUT2D eigenvalue weighted by Crippen LogP contribution is -2.08. The molecule has 2 aromatic rings. The molecule has 0 aliphatic heterocycles. The molecule has 118 valence electrons. The van der Waals surface area contributed by atoms with Crippen molar-refractivity contribution in [1.29, 1.82) is 0 Å². The summed E-state index contributed by atoms with van der Waals surface area (Å²) in [6.45, 7) is 1.37. The minimum atomic E-state index is -0.519. The molecule has 0 radical (unpaired) electrons. The number of hydrogen-bond donors (Lipinski definition) is 1. The number of nitrogens with one attached hydrogen (secondary N) is 1. The van der Waals surface area contributed by atoms with E-state index in [1.165, 1.54) is 43.0 Å². The van der Waals surface area contributed by atoms with Crippen molar-refractivity contribution in [2.45, 2.75) is 11.9 Å². The van der Waals surface area contributed by atoms with Crippen LogP contribution in [0.1, 0.15) is 17.3 Å². The third-order valence-electron chi connectivity index (χ3n) is 2.70. The average molecular weight is 332 g/mol. The van der Waals surface area contributed by atoms with E-state index in [-0.39, 0.29) is 23.1 Å². The van der Waals surface area contributed by atoms with Gasteiger partial charge in [0, 0.05) is 24.6 Å². The van der Waals surface area contributed by atoms with Crippen LogP contribution in [-0.2, 0) is 4.79 Å². The van der Waals surface area contributed by atoms with E-state index in [0.717, 1.165) is 0 Å². The van der Waals surface area contributed by atoms with E-state index >= 15 is 0 Å². The molecule has 0 saturated heterocycles. The summed E-state index contributed by atoms with van der Waals surface area (Å²) in [5.41, 5.74) is 0.333. The molecule has 0 fully saturated rings. The number of Topliss-reactive ketones (excluding diaryl/α,β-unsaturated/α-hetero) is 1. The fourth-order valence-electron chi connectivity index (χ4n) is 1.64. The normalized spacial score (nSPS) is 10.1. The summed E-state index contributed by atoms with van der Waals surface area (Å²) >= 11 is 1.19. The van der Waals surface area contributed by atoms with Crippen molar-refractivity contribution in [2.24, 2.45) is 0 Å². The first kappa shape index (κ1) is 16.6. The zero-order valence-corrected chi connectivity index (χ0v) is 12.9. The molecule has 0 unspecified atom stereocenters. The number of rotatable bonds is 6. The highest BCUT2D eigenvalue weighted by Crippen LogP contribution is 2.18. The number of ketones is 1. The van der Waals surface area contributed by atoms with Crippen LogP contribution in [0.15, 0.2) is 41.4 Å². The van der Waals surface area contributed by atoms with E-state index in [2.05, 4.69) is 15.5 Å². The first-order valence-corrected chi connectivity index (χ1v) is 7.46. The van der Waals surface area contributed by atoms with Crippen molar-refractivity contribution in [2.75, 3.05) is 11.1 Å². The Balaban J connectivity index is 1.93. The summed E-state index contributed by atoms with van der Waals surface area (Å²) in [5.74, 6) is 0.0561. The summed E-state index contributed by atoms with van der Waals surface area (Å²) < 4.78 is 0. The monoisotopic (exact) mass is 332 g/mol. The van der Waals surface area contributed by atoms with Crippen molar-refractivity contribution < 1.29 is 14.5 Å². The number of non-ortho nitro benzene ring substituents is 1. The quantitative estimate of drug-likeness (QED) is 0.373. The molecule has 0 saturated carbocycles. The standard InChI is InChI=1S/C14H12N4O4S/c1-9(19)15-13-6-7-14(17-16-13)23-8-12(20)10-2-4-11(5-3-10)18(21)22/h2-7H,8H2,1H3,(H,15,16,19). The summed E-state index contributed by atoms with van der Waals surface area (Å²) in [7, 11) is 0. The Morgan fingerprint density at radius 2 is 1.87 bits per heavy atom. The number of amides is 1. The van der Waals surface area contributed by atoms with Crippen molar-refractivity contribution in [3.05, 3.63) is 52.1 Å². The van der Waals surface area contributed by atoms with E-state index in [9.17, 15) is 19.7 Å². The van der Waals surface area contributed by atoms with Gasteiger partial charge < -0.3 is 5.32 Å². The van der Waals surface area contributed by atoms with Crippen LogP contribution in [0.3, 0.4) is 0 Å². The minimum Gasteiger partial charge on any atom is -0.309 e. The van der Waals surface area contributed by atoms with E-state index in [4.69, 9.17) is 0 Å². The van der Waals surface area contributed by atoms with Crippen LogP contribution in [0.5, 0.6) is 0 Å². The number of nitro groups is 1. The lowest BCUT2D eigenvalue weighted by atomic mass is 10.1. The molecular weight excluding hydrogens is 320 g/mol. The van der Waals surface area contributed by atoms with Crippen LogP contribution in [0.4, 0.5) is 11.5 Å². The number of nitro benzene ring substituents is 1. The van der Waals surface area contributed by atoms with Gasteiger partial charge in [0.25, 0.3) is 5.69 Å². The third-order valence-corrected chi connectivity index (χ3v) is 3.62. The summed E-state index contributed by atoms with van der Waals surface area (Å²) in [6, 6.07) is 8.66. The Bertz CT molecular complexity index is 731. The molecular formula is C14H12N4O4S. The maximum Gasteiger partial charge on any atom is 0.269 e. The molecule has 2 rings (SSSR count). The number of hydrogen-bond acceptors (Lipinski definition) is 7. The summed E-state index contributed by atoms with van der Waals surface area (Å²) in [4.78, 5) is 32.9. The Labute approximate surface area is 135 Å². The zero-order valence-electron chi connectivity index (χ0n) is 12.1. The molecule has 0 spiro atoms. The summed E-state index contributed by atoms with van der Waals surface area (Å²) in [6.07, 6.45) is 0. The Morgan fingerprint density at radius 3 is 2.39 bits per heavy atom. The summed E-state index contributed by atoms with van der Waals surface area (Å²) in [5, 5.41) is 21.3. The van der Waals surface area contributed by atoms with E-state index in [0.29, 0.717) is 16.4 Å². The van der Waals surface area contributed by atoms with Gasteiger partial charge in [-0.3, -0.25) is 19.7 Å². The van der Waals surface area contributed by atoms with Crippen molar-refractivity contribution in [3.63, 3.8) is 0 Å². The fourth-order valence-corrected chi connectivity index (χ4v) is 2.34. The lowest BCUT2D eigenvalue weighted by Gasteiger charge is -2.02. The highest BCUT2D eigenvalue weighted by Gasteiger charge is 2.10. The van der Waals surface area contributed by atoms with Crippen LogP contribution < -0.4 is 5.32 Å². The molecule has 23 heavy (non-hydrogen) atoms. The van der Waals surface area contributed by atoms with E-state index in [1.54, 1.807) is 12.1 Å². The molecule has 1 aromatic carbocycles. The molecule has 1 N–H and O–H groups in total. The van der Waals surface area contributed by atoms with Gasteiger partial charge in [-0.2, -0.15) is 0 Å². The SMILES string of the molecule is CC(=O)Nc1ccc(SCC(=O)c2ccc([N+](=O)[O-])cc2)nn1. The zero-order chi connectivity index (χ0) is 16.8. The largest absolute Gasteiger partial charge is 0.309 e. The number of aromatic nitrogens is 2. The molecule has 0 atom stereocenters. The Hall–Kier alpha value is -2.81. The molecule has 8 nitrogen and oxygen atoms in total. The smallest absolute Gasteiger partial charge is 0.269 e. The van der Waals surface area contributed by atoms with Crippen LogP contribution in [0.2, 0.25) is 0 Å². The molecule has 0 aliphatic carbocycles. The second-order valence-electron chi connectivity index (χ2n) is 4.45. The Kier molecular flexibility index (Phi) is 5.36. The van der Waals surface area contributed by atoms with Gasteiger partial charge in [0.15, 0.2) is 11.6 Å². The van der Waals surface area contributed by atoms with Gasteiger partial charge in [-0.25, -0.2) is 0 Å². The van der Waals surface area contributed by atoms with Gasteiger partial charge >= 0.3 is 0 Å². The van der Waals surface area contributed by atoms with Gasteiger partial charge in [0.05, 0.1) is 10.7 Å². The molecule has 1 amide bonds. The molecule has 1 aromatic heterocycles. The Morgan fingerprint density at radius 1 is 1.17 bits per heavy atom. The molecule has 9 heteroatoms. The first-order chi connectivity index (χ1) is 11.0. The first-order valence-electron chi connectivity index (χ1n) is 6.47. The van der Waals surface area contributed by atoms with Gasteiger partial charge in [-0.1, -0.05) is 11.8 Å². The van der Waals surface area contributed by atoms with E-state index in [1.807, 2.05) is 0 Å². The number of benzene rings is 1. The van der Waals surface area contributed by atoms with Crippen LogP contribution in [-0.4, -0.2) is 32.6 Å². The number of carbonyl (C=O) groups is 2. The number of anilines is 1. The minimum absolute atomic E-state index is 0.0615. The average Bonchev–Trinajstić information content (AvgIpc) is 2.53. The molecule has 1 heterocycles. The van der Waals surface area contributed by atoms with Crippen molar-refractivity contribution in [3.8, 4) is 0 Å². The van der Waals surface area contributed by atoms with Gasteiger partial charge in [-0.05, 0) is 24.3 Å². The topological polar surface area (TPSA) is 115 Å². The highest BCUT2D eigenvalue weighted by atomic mass is 32.2. The van der Waals surface area contributed by atoms with Crippen molar-refractivity contribution in [1.82, 2.24) is 10.2 Å². The predicted octanol–water partition coefficient (Wildman–Crippen LogP) is 2.32. The maximum absolute atomic E-state index is 12.0. The fraction of sp³-hybridized carbons (Fsp3) is 0.143. The van der Waals surface area contributed by atoms with Gasteiger partial charge in [-0.15, -0.1) is 10.2 Å². The number of thioether (sulfide) groups is 1. The van der Waals surface area contributed by atoms with Crippen LogP contribution in [0.25, 0.3) is 0 Å². The van der Waals surface area contributed by atoms with E-state index < -0.39 is 4.92 Å². The molecule has 0 aliphatic rings. The lowest BCUT2D eigenvalue weighted by molar-refractivity contribution is -0.384. The highest BCUT2D eigenvalue weighted by molar-refractivity contribution is 7.99. The second-order valence-corrected chi connectivity index (χ2v) is 5.45. The third kappa shape index (κ3) is 4.85. The van der Waals surface area contributed by atoms with Gasteiger partial charge in [0.1, 0.15) is 5.03 Å².